The molecule has 0 bridgehead atoms. The van der Waals surface area contributed by atoms with E-state index in [0.29, 0.717) is 18.7 Å². The lowest BCUT2D eigenvalue weighted by Gasteiger charge is -2.16. The molecule has 0 unspecified atom stereocenters. The van der Waals surface area contributed by atoms with E-state index in [-0.39, 0.29) is 17.9 Å². The van der Waals surface area contributed by atoms with Crippen LogP contribution in [0.2, 0.25) is 0 Å². The first-order valence-electron chi connectivity index (χ1n) is 9.98. The van der Waals surface area contributed by atoms with Crippen molar-refractivity contribution in [2.45, 2.75) is 52.8 Å². The molecule has 1 aliphatic heterocycles. The number of fused-ring (bicyclic) bond motifs is 1. The molecule has 2 aromatic carbocycles. The number of rotatable bonds is 7. The molecule has 1 aliphatic rings. The Morgan fingerprint density at radius 3 is 2.79 bits per heavy atom. The van der Waals surface area contributed by atoms with Gasteiger partial charge < -0.3 is 20.1 Å². The third-order valence-electron chi connectivity index (χ3n) is 4.85. The minimum Gasteiger partial charge on any atom is -0.494 e. The molecule has 1 heterocycles. The first kappa shape index (κ1) is 20.7. The molecule has 0 saturated carbocycles. The number of benzene rings is 2. The van der Waals surface area contributed by atoms with Gasteiger partial charge in [-0.2, -0.15) is 0 Å². The van der Waals surface area contributed by atoms with Crippen molar-refractivity contribution in [3.05, 3.63) is 58.7 Å². The van der Waals surface area contributed by atoms with Crippen LogP contribution < -0.4 is 20.1 Å². The lowest BCUT2D eigenvalue weighted by atomic mass is 10.1. The second kappa shape index (κ2) is 8.99. The Bertz CT molecular complexity index is 910. The van der Waals surface area contributed by atoms with Crippen LogP contribution in [0.1, 0.15) is 47.8 Å². The summed E-state index contributed by atoms with van der Waals surface area (Å²) < 4.78 is 11.6. The van der Waals surface area contributed by atoms with Crippen molar-refractivity contribution in [2.24, 2.45) is 0 Å². The SMILES string of the molecule is CCOc1cc2c(cc1CNC(=O)[C@H](C)NC(=O)c1cccc(C)c1)O[C@@H](C)C2. The Balaban J connectivity index is 1.62. The zero-order valence-electron chi connectivity index (χ0n) is 17.4. The molecule has 29 heavy (non-hydrogen) atoms. The van der Waals surface area contributed by atoms with Crippen LogP contribution in [-0.2, 0) is 17.8 Å². The fourth-order valence-electron chi connectivity index (χ4n) is 3.38. The number of aryl methyl sites for hydroxylation is 1. The van der Waals surface area contributed by atoms with E-state index in [1.54, 1.807) is 19.1 Å². The quantitative estimate of drug-likeness (QED) is 0.754. The first-order chi connectivity index (χ1) is 13.9. The number of nitrogens with one attached hydrogen (secondary N) is 2. The van der Waals surface area contributed by atoms with Crippen LogP contribution in [-0.4, -0.2) is 30.6 Å². The summed E-state index contributed by atoms with van der Waals surface area (Å²) >= 11 is 0. The van der Waals surface area contributed by atoms with Gasteiger partial charge in [0.25, 0.3) is 5.91 Å². The summed E-state index contributed by atoms with van der Waals surface area (Å²) in [7, 11) is 0. The second-order valence-electron chi connectivity index (χ2n) is 7.42. The summed E-state index contributed by atoms with van der Waals surface area (Å²) in [4.78, 5) is 24.9. The highest BCUT2D eigenvalue weighted by molar-refractivity contribution is 5.97. The number of amides is 2. The summed E-state index contributed by atoms with van der Waals surface area (Å²) in [5.74, 6) is 1.06. The van der Waals surface area contributed by atoms with E-state index in [1.807, 2.05) is 45.0 Å². The van der Waals surface area contributed by atoms with Crippen molar-refractivity contribution >= 4 is 11.8 Å². The second-order valence-corrected chi connectivity index (χ2v) is 7.42. The average Bonchev–Trinajstić information content (AvgIpc) is 3.04. The highest BCUT2D eigenvalue weighted by atomic mass is 16.5. The van der Waals surface area contributed by atoms with E-state index in [9.17, 15) is 9.59 Å². The van der Waals surface area contributed by atoms with Gasteiger partial charge in [0.2, 0.25) is 5.91 Å². The van der Waals surface area contributed by atoms with Crippen molar-refractivity contribution < 1.29 is 19.1 Å². The lowest BCUT2D eigenvalue weighted by Crippen LogP contribution is -2.44. The largest absolute Gasteiger partial charge is 0.494 e. The van der Waals surface area contributed by atoms with Crippen molar-refractivity contribution in [1.82, 2.24) is 10.6 Å². The van der Waals surface area contributed by atoms with Gasteiger partial charge in [-0.3, -0.25) is 9.59 Å². The minimum atomic E-state index is -0.663. The van der Waals surface area contributed by atoms with Gasteiger partial charge in [0, 0.05) is 29.7 Å². The molecule has 2 aromatic rings. The van der Waals surface area contributed by atoms with Crippen molar-refractivity contribution in [3.8, 4) is 11.5 Å². The molecule has 2 atom stereocenters. The number of carbonyl (C=O) groups is 2. The predicted molar refractivity (Wildman–Crippen MR) is 111 cm³/mol. The van der Waals surface area contributed by atoms with Crippen molar-refractivity contribution in [2.75, 3.05) is 6.61 Å². The van der Waals surface area contributed by atoms with Crippen LogP contribution in [0.4, 0.5) is 0 Å². The van der Waals surface area contributed by atoms with Gasteiger partial charge in [-0.1, -0.05) is 17.7 Å². The van der Waals surface area contributed by atoms with Crippen LogP contribution >= 0.6 is 0 Å². The van der Waals surface area contributed by atoms with Gasteiger partial charge in [-0.05, 0) is 52.0 Å². The van der Waals surface area contributed by atoms with E-state index in [0.717, 1.165) is 34.6 Å². The van der Waals surface area contributed by atoms with E-state index in [1.165, 1.54) is 0 Å². The summed E-state index contributed by atoms with van der Waals surface area (Å²) in [5.41, 5.74) is 3.50. The zero-order chi connectivity index (χ0) is 21.0. The number of ether oxygens (including phenoxy) is 2. The zero-order valence-corrected chi connectivity index (χ0v) is 17.4. The maximum absolute atomic E-state index is 12.5. The van der Waals surface area contributed by atoms with Gasteiger partial charge >= 0.3 is 0 Å². The fourth-order valence-corrected chi connectivity index (χ4v) is 3.38. The monoisotopic (exact) mass is 396 g/mol. The molecule has 2 amide bonds. The number of carbonyl (C=O) groups excluding carboxylic acids is 2. The molecule has 0 aliphatic carbocycles. The molecule has 0 aromatic heterocycles. The Kier molecular flexibility index (Phi) is 6.42. The fraction of sp³-hybridized carbons (Fsp3) is 0.391. The van der Waals surface area contributed by atoms with Gasteiger partial charge in [0.05, 0.1) is 6.61 Å². The van der Waals surface area contributed by atoms with Crippen LogP contribution in [0.5, 0.6) is 11.5 Å². The molecular formula is C23H28N2O4. The topological polar surface area (TPSA) is 76.7 Å². The van der Waals surface area contributed by atoms with Crippen molar-refractivity contribution in [1.29, 1.82) is 0 Å². The summed E-state index contributed by atoms with van der Waals surface area (Å²) in [5, 5.41) is 5.62. The molecule has 3 rings (SSSR count). The van der Waals surface area contributed by atoms with E-state index in [2.05, 4.69) is 10.6 Å². The van der Waals surface area contributed by atoms with Gasteiger partial charge in [-0.25, -0.2) is 0 Å². The van der Waals surface area contributed by atoms with E-state index < -0.39 is 6.04 Å². The molecular weight excluding hydrogens is 368 g/mol. The minimum absolute atomic E-state index is 0.140. The van der Waals surface area contributed by atoms with Gasteiger partial charge in [0.15, 0.2) is 0 Å². The molecule has 0 fully saturated rings. The molecule has 2 N–H and O–H groups in total. The highest BCUT2D eigenvalue weighted by Gasteiger charge is 2.23. The predicted octanol–water partition coefficient (Wildman–Crippen LogP) is 3.15. The third-order valence-corrected chi connectivity index (χ3v) is 4.85. The normalized spacial score (nSPS) is 15.8. The summed E-state index contributed by atoms with van der Waals surface area (Å²) in [6, 6.07) is 10.5. The molecule has 154 valence electrons. The maximum Gasteiger partial charge on any atom is 0.251 e. The smallest absolute Gasteiger partial charge is 0.251 e. The summed E-state index contributed by atoms with van der Waals surface area (Å²) in [6.07, 6.45) is 0.991. The Hall–Kier alpha value is -3.02. The van der Waals surface area contributed by atoms with Crippen LogP contribution in [0, 0.1) is 6.92 Å². The molecule has 6 nitrogen and oxygen atoms in total. The Morgan fingerprint density at radius 1 is 1.28 bits per heavy atom. The highest BCUT2D eigenvalue weighted by Crippen LogP contribution is 2.35. The van der Waals surface area contributed by atoms with Crippen LogP contribution in [0.15, 0.2) is 36.4 Å². The number of hydrogen-bond acceptors (Lipinski definition) is 4. The standard InChI is InChI=1S/C23H28N2O4/c1-5-28-20-11-18-10-15(3)29-21(18)12-19(20)13-24-22(26)16(4)25-23(27)17-8-6-7-14(2)9-17/h6-9,11-12,15-16H,5,10,13H2,1-4H3,(H,24,26)(H,25,27)/t15-,16-/m0/s1. The maximum atomic E-state index is 12.5. The van der Waals surface area contributed by atoms with E-state index >= 15 is 0 Å². The molecule has 0 saturated heterocycles. The summed E-state index contributed by atoms with van der Waals surface area (Å²) in [6.45, 7) is 8.38. The van der Waals surface area contributed by atoms with E-state index in [4.69, 9.17) is 9.47 Å². The molecule has 6 heteroatoms. The Labute approximate surface area is 171 Å². The average molecular weight is 396 g/mol. The first-order valence-corrected chi connectivity index (χ1v) is 9.98. The van der Waals surface area contributed by atoms with Crippen molar-refractivity contribution in [3.63, 3.8) is 0 Å². The van der Waals surface area contributed by atoms with Gasteiger partial charge in [0.1, 0.15) is 23.6 Å². The molecule has 0 radical (unpaired) electrons. The van der Waals surface area contributed by atoms with Crippen LogP contribution in [0.3, 0.4) is 0 Å². The molecule has 0 spiro atoms. The lowest BCUT2D eigenvalue weighted by molar-refractivity contribution is -0.122. The number of hydrogen-bond donors (Lipinski definition) is 2. The Morgan fingerprint density at radius 2 is 2.07 bits per heavy atom. The van der Waals surface area contributed by atoms with Gasteiger partial charge in [-0.15, -0.1) is 0 Å². The third kappa shape index (κ3) is 5.08. The van der Waals surface area contributed by atoms with Crippen LogP contribution in [0.25, 0.3) is 0 Å².